The Balaban J connectivity index is 3.76. The van der Waals surface area contributed by atoms with Crippen LogP contribution in [0.4, 0.5) is 0 Å². The lowest BCUT2D eigenvalue weighted by molar-refractivity contribution is 0.511. The first kappa shape index (κ1) is 8.68. The summed E-state index contributed by atoms with van der Waals surface area (Å²) in [5, 5.41) is 0.335. The molecule has 3 nitrogen and oxygen atoms in total. The molecular formula is C2H4BrClO3S. The Hall–Kier alpha value is 0.680. The van der Waals surface area contributed by atoms with Gasteiger partial charge in [-0.05, 0) is 0 Å². The van der Waals surface area contributed by atoms with Gasteiger partial charge in [0.2, 0.25) is 0 Å². The van der Waals surface area contributed by atoms with Crippen LogP contribution in [0.5, 0.6) is 0 Å². The second-order valence-corrected chi connectivity index (χ2v) is 3.83. The topological polar surface area (TPSA) is 43.4 Å². The van der Waals surface area contributed by atoms with Gasteiger partial charge in [0.1, 0.15) is 0 Å². The second-order valence-electron chi connectivity index (χ2n) is 1.01. The minimum absolute atomic E-state index is 0.101. The lowest BCUT2D eigenvalue weighted by Gasteiger charge is -1.90. The summed E-state index contributed by atoms with van der Waals surface area (Å²) >= 11 is 7.47. The Morgan fingerprint density at radius 2 is 2.12 bits per heavy atom. The summed E-state index contributed by atoms with van der Waals surface area (Å²) in [5.41, 5.74) is 0. The smallest absolute Gasteiger partial charge is 0.198 e. The molecule has 0 spiro atoms. The molecule has 0 radical (unpaired) electrons. The molecule has 0 aliphatic carbocycles. The van der Waals surface area contributed by atoms with Crippen molar-refractivity contribution in [3.63, 3.8) is 0 Å². The molecule has 0 aromatic heterocycles. The zero-order valence-electron chi connectivity index (χ0n) is 3.80. The molecule has 0 aliphatic rings. The minimum atomic E-state index is -3.45. The van der Waals surface area contributed by atoms with Crippen molar-refractivity contribution in [2.45, 2.75) is 0 Å². The van der Waals surface area contributed by atoms with Gasteiger partial charge < -0.3 is 0 Å². The first-order valence-corrected chi connectivity index (χ1v) is 4.72. The van der Waals surface area contributed by atoms with Crippen molar-refractivity contribution in [3.8, 4) is 0 Å². The molecule has 0 unspecified atom stereocenters. The first-order chi connectivity index (χ1) is 3.62. The van der Waals surface area contributed by atoms with Crippen LogP contribution >= 0.6 is 27.8 Å². The largest absolute Gasteiger partial charge is 0.284 e. The Labute approximate surface area is 61.4 Å². The van der Waals surface area contributed by atoms with Crippen LogP contribution < -0.4 is 0 Å². The van der Waals surface area contributed by atoms with E-state index in [-0.39, 0.29) is 5.75 Å². The van der Waals surface area contributed by atoms with E-state index in [0.29, 0.717) is 5.33 Å². The van der Waals surface area contributed by atoms with Crippen molar-refractivity contribution in [1.29, 1.82) is 0 Å². The van der Waals surface area contributed by atoms with Gasteiger partial charge in [-0.2, -0.15) is 12.2 Å². The number of halogens is 2. The fourth-order valence-electron chi connectivity index (χ4n) is 0.126. The minimum Gasteiger partial charge on any atom is -0.198 e. The molecular weight excluding hydrogens is 219 g/mol. The summed E-state index contributed by atoms with van der Waals surface area (Å²) in [4.78, 5) is 0. The fraction of sp³-hybridized carbons (Fsp3) is 1.00. The number of hydrogen-bond donors (Lipinski definition) is 0. The highest BCUT2D eigenvalue weighted by molar-refractivity contribution is 9.09. The molecule has 8 heavy (non-hydrogen) atoms. The highest BCUT2D eigenvalue weighted by Crippen LogP contribution is 1.97. The predicted molar refractivity (Wildman–Crippen MR) is 34.5 cm³/mol. The zero-order valence-corrected chi connectivity index (χ0v) is 6.96. The Morgan fingerprint density at radius 1 is 1.62 bits per heavy atom. The van der Waals surface area contributed by atoms with E-state index >= 15 is 0 Å². The van der Waals surface area contributed by atoms with Gasteiger partial charge in [-0.15, -0.1) is 0 Å². The molecule has 0 rings (SSSR count). The van der Waals surface area contributed by atoms with Crippen LogP contribution in [0.2, 0.25) is 0 Å². The van der Waals surface area contributed by atoms with Crippen molar-refractivity contribution < 1.29 is 12.2 Å². The van der Waals surface area contributed by atoms with Crippen LogP contribution in [0.1, 0.15) is 0 Å². The van der Waals surface area contributed by atoms with Crippen molar-refractivity contribution >= 4 is 37.9 Å². The van der Waals surface area contributed by atoms with Crippen LogP contribution in [0.15, 0.2) is 0 Å². The van der Waals surface area contributed by atoms with Gasteiger partial charge in [0.05, 0.1) is 17.6 Å². The second kappa shape index (κ2) is 3.66. The Morgan fingerprint density at radius 3 is 2.25 bits per heavy atom. The van der Waals surface area contributed by atoms with Gasteiger partial charge in [-0.1, -0.05) is 15.9 Å². The molecule has 0 aliphatic heterocycles. The molecule has 0 bridgehead atoms. The fourth-order valence-corrected chi connectivity index (χ4v) is 1.76. The van der Waals surface area contributed by atoms with Gasteiger partial charge in [0.15, 0.2) is 0 Å². The molecule has 50 valence electrons. The van der Waals surface area contributed by atoms with Gasteiger partial charge in [0, 0.05) is 5.33 Å². The van der Waals surface area contributed by atoms with Crippen LogP contribution in [-0.2, 0) is 13.9 Å². The van der Waals surface area contributed by atoms with Crippen LogP contribution in [0, 0.1) is 0 Å². The maximum Gasteiger partial charge on any atom is 0.284 e. The highest BCUT2D eigenvalue weighted by Gasteiger charge is 2.06. The maximum atomic E-state index is 10.2. The van der Waals surface area contributed by atoms with E-state index in [1.54, 1.807) is 0 Å². The maximum absolute atomic E-state index is 10.2. The number of alkyl halides is 1. The van der Waals surface area contributed by atoms with Crippen LogP contribution in [0.3, 0.4) is 0 Å². The average Bonchev–Trinajstić information content (AvgIpc) is 1.67. The number of rotatable bonds is 3. The molecule has 0 aromatic rings. The van der Waals surface area contributed by atoms with Crippen molar-refractivity contribution in [1.82, 2.24) is 0 Å². The quantitative estimate of drug-likeness (QED) is 0.667. The lowest BCUT2D eigenvalue weighted by Crippen LogP contribution is -2.05. The third-order valence-electron chi connectivity index (χ3n) is 0.423. The first-order valence-electron chi connectivity index (χ1n) is 1.71. The van der Waals surface area contributed by atoms with E-state index in [0.717, 1.165) is 0 Å². The van der Waals surface area contributed by atoms with Crippen molar-refractivity contribution in [3.05, 3.63) is 0 Å². The molecule has 0 fully saturated rings. The average molecular weight is 223 g/mol. The number of hydrogen-bond acceptors (Lipinski definition) is 3. The summed E-state index contributed by atoms with van der Waals surface area (Å²) in [6.07, 6.45) is 0. The van der Waals surface area contributed by atoms with E-state index in [2.05, 4.69) is 31.5 Å². The molecule has 0 N–H and O–H groups in total. The molecule has 0 heterocycles. The Kier molecular flexibility index (Phi) is 3.97. The van der Waals surface area contributed by atoms with Gasteiger partial charge in [0.25, 0.3) is 10.1 Å². The summed E-state index contributed by atoms with van der Waals surface area (Å²) < 4.78 is 24.0. The normalized spacial score (nSPS) is 11.8. The summed E-state index contributed by atoms with van der Waals surface area (Å²) in [6, 6.07) is 0. The van der Waals surface area contributed by atoms with Gasteiger partial charge in [-0.25, -0.2) is 0 Å². The van der Waals surface area contributed by atoms with Crippen LogP contribution in [-0.4, -0.2) is 19.5 Å². The van der Waals surface area contributed by atoms with Crippen molar-refractivity contribution in [2.75, 3.05) is 11.1 Å². The summed E-state index contributed by atoms with van der Waals surface area (Å²) in [7, 11) is -3.45. The Bertz CT molecular complexity index is 141. The lowest BCUT2D eigenvalue weighted by atomic mass is 11.0. The molecule has 0 saturated heterocycles. The van der Waals surface area contributed by atoms with Crippen LogP contribution in [0.25, 0.3) is 0 Å². The van der Waals surface area contributed by atoms with E-state index in [1.165, 1.54) is 0 Å². The summed E-state index contributed by atoms with van der Waals surface area (Å²) in [6.45, 7) is 0. The molecule has 0 aromatic carbocycles. The van der Waals surface area contributed by atoms with Crippen molar-refractivity contribution in [2.24, 2.45) is 0 Å². The van der Waals surface area contributed by atoms with Gasteiger partial charge in [-0.3, -0.25) is 0 Å². The molecule has 6 heteroatoms. The third kappa shape index (κ3) is 3.65. The SMILES string of the molecule is O=S(=O)(CCBr)OCl. The van der Waals surface area contributed by atoms with E-state index in [1.807, 2.05) is 0 Å². The molecule has 0 saturated carbocycles. The molecule has 0 amide bonds. The predicted octanol–water partition coefficient (Wildman–Crippen LogP) is 0.882. The third-order valence-corrected chi connectivity index (χ3v) is 2.82. The standard InChI is InChI=1S/C2H4BrClO3S/c3-1-2-8(5,6)7-4/h1-2H2. The highest BCUT2D eigenvalue weighted by atomic mass is 79.9. The van der Waals surface area contributed by atoms with E-state index < -0.39 is 10.1 Å². The summed E-state index contributed by atoms with van der Waals surface area (Å²) in [5.74, 6) is -0.101. The zero-order chi connectivity index (χ0) is 6.62. The molecule has 0 atom stereocenters. The van der Waals surface area contributed by atoms with Gasteiger partial charge >= 0.3 is 0 Å². The van der Waals surface area contributed by atoms with E-state index in [9.17, 15) is 8.42 Å². The monoisotopic (exact) mass is 222 g/mol. The van der Waals surface area contributed by atoms with E-state index in [4.69, 9.17) is 0 Å².